The Balaban J connectivity index is 1.42. The number of aromatic nitrogens is 2. The number of fused-ring (bicyclic) bond motifs is 1. The van der Waals surface area contributed by atoms with Crippen LogP contribution < -0.4 is 10.6 Å². The predicted molar refractivity (Wildman–Crippen MR) is 93.9 cm³/mol. The van der Waals surface area contributed by atoms with Crippen molar-refractivity contribution in [3.63, 3.8) is 0 Å². The lowest BCUT2D eigenvalue weighted by atomic mass is 9.93. The predicted octanol–water partition coefficient (Wildman–Crippen LogP) is 2.34. The van der Waals surface area contributed by atoms with E-state index in [2.05, 4.69) is 26.3 Å². The zero-order chi connectivity index (χ0) is 16.9. The van der Waals surface area contributed by atoms with Crippen molar-refractivity contribution in [2.75, 3.05) is 6.54 Å². The molecule has 0 saturated heterocycles. The molecule has 6 nitrogen and oxygen atoms in total. The van der Waals surface area contributed by atoms with Crippen molar-refractivity contribution in [1.29, 1.82) is 0 Å². The SMILES string of the molecule is Cc1nc2ccccc2n1CCCNC(=O)NC1CCC(O)CC1. The lowest BCUT2D eigenvalue weighted by molar-refractivity contribution is 0.117. The summed E-state index contributed by atoms with van der Waals surface area (Å²) in [4.78, 5) is 16.5. The summed E-state index contributed by atoms with van der Waals surface area (Å²) in [5.41, 5.74) is 2.15. The van der Waals surface area contributed by atoms with E-state index in [0.717, 1.165) is 55.5 Å². The molecule has 130 valence electrons. The highest BCUT2D eigenvalue weighted by Gasteiger charge is 2.20. The summed E-state index contributed by atoms with van der Waals surface area (Å²) in [5, 5.41) is 15.4. The fourth-order valence-corrected chi connectivity index (χ4v) is 3.37. The van der Waals surface area contributed by atoms with Crippen LogP contribution in [0.2, 0.25) is 0 Å². The number of para-hydroxylation sites is 2. The second-order valence-electron chi connectivity index (χ2n) is 6.56. The van der Waals surface area contributed by atoms with Gasteiger partial charge in [0.1, 0.15) is 5.82 Å². The van der Waals surface area contributed by atoms with Crippen LogP contribution in [0.15, 0.2) is 24.3 Å². The van der Waals surface area contributed by atoms with Crippen molar-refractivity contribution < 1.29 is 9.90 Å². The first-order valence-electron chi connectivity index (χ1n) is 8.78. The minimum Gasteiger partial charge on any atom is -0.393 e. The Labute approximate surface area is 142 Å². The van der Waals surface area contributed by atoms with Crippen molar-refractivity contribution in [3.8, 4) is 0 Å². The Morgan fingerprint density at radius 1 is 1.29 bits per heavy atom. The van der Waals surface area contributed by atoms with E-state index >= 15 is 0 Å². The second kappa shape index (κ2) is 7.66. The molecule has 0 atom stereocenters. The summed E-state index contributed by atoms with van der Waals surface area (Å²) in [6, 6.07) is 8.19. The average Bonchev–Trinajstić information content (AvgIpc) is 2.89. The van der Waals surface area contributed by atoms with Gasteiger partial charge in [-0.2, -0.15) is 0 Å². The topological polar surface area (TPSA) is 79.2 Å². The summed E-state index contributed by atoms with van der Waals surface area (Å²) in [7, 11) is 0. The normalized spacial score (nSPS) is 20.9. The highest BCUT2D eigenvalue weighted by atomic mass is 16.3. The van der Waals surface area contributed by atoms with Crippen molar-refractivity contribution >= 4 is 17.1 Å². The van der Waals surface area contributed by atoms with Crippen LogP contribution in [-0.4, -0.2) is 39.4 Å². The molecule has 2 amide bonds. The molecule has 1 fully saturated rings. The lowest BCUT2D eigenvalue weighted by Crippen LogP contribution is -2.44. The molecular weight excluding hydrogens is 304 g/mol. The number of hydrogen-bond donors (Lipinski definition) is 3. The summed E-state index contributed by atoms with van der Waals surface area (Å²) in [5.74, 6) is 1.00. The largest absolute Gasteiger partial charge is 0.393 e. The Bertz CT molecular complexity index is 689. The number of carbonyl (C=O) groups excluding carboxylic acids is 1. The van der Waals surface area contributed by atoms with Crippen molar-refractivity contribution in [3.05, 3.63) is 30.1 Å². The smallest absolute Gasteiger partial charge is 0.315 e. The van der Waals surface area contributed by atoms with E-state index in [1.165, 1.54) is 0 Å². The van der Waals surface area contributed by atoms with Gasteiger partial charge in [-0.15, -0.1) is 0 Å². The average molecular weight is 330 g/mol. The molecule has 24 heavy (non-hydrogen) atoms. The standard InChI is InChI=1S/C18H26N4O2/c1-13-20-16-5-2-3-6-17(16)22(13)12-4-11-19-18(24)21-14-7-9-15(23)10-8-14/h2-3,5-6,14-15,23H,4,7-12H2,1H3,(H2,19,21,24). The third kappa shape index (κ3) is 4.06. The second-order valence-corrected chi connectivity index (χ2v) is 6.56. The number of urea groups is 1. The van der Waals surface area contributed by atoms with Crippen LogP contribution in [0.25, 0.3) is 11.0 Å². The molecule has 3 rings (SSSR count). The Morgan fingerprint density at radius 3 is 2.83 bits per heavy atom. The van der Waals surface area contributed by atoms with Crippen LogP contribution in [0.3, 0.4) is 0 Å². The minimum absolute atomic E-state index is 0.108. The van der Waals surface area contributed by atoms with Gasteiger partial charge in [0.2, 0.25) is 0 Å². The highest BCUT2D eigenvalue weighted by Crippen LogP contribution is 2.18. The maximum atomic E-state index is 11.9. The van der Waals surface area contributed by atoms with Gasteiger partial charge in [-0.3, -0.25) is 0 Å². The molecule has 6 heteroatoms. The maximum Gasteiger partial charge on any atom is 0.315 e. The van der Waals surface area contributed by atoms with Gasteiger partial charge >= 0.3 is 6.03 Å². The van der Waals surface area contributed by atoms with Gasteiger partial charge < -0.3 is 20.3 Å². The number of carbonyl (C=O) groups is 1. The van der Waals surface area contributed by atoms with Gasteiger partial charge in [-0.1, -0.05) is 12.1 Å². The molecule has 1 aromatic heterocycles. The van der Waals surface area contributed by atoms with E-state index in [4.69, 9.17) is 0 Å². The van der Waals surface area contributed by atoms with Crippen LogP contribution in [0.1, 0.15) is 37.9 Å². The molecule has 1 aromatic carbocycles. The van der Waals surface area contributed by atoms with E-state index in [9.17, 15) is 9.90 Å². The van der Waals surface area contributed by atoms with Gasteiger partial charge in [-0.05, 0) is 51.2 Å². The molecule has 0 aliphatic heterocycles. The number of nitrogens with zero attached hydrogens (tertiary/aromatic N) is 2. The number of benzene rings is 1. The number of nitrogens with one attached hydrogen (secondary N) is 2. The van der Waals surface area contributed by atoms with Gasteiger partial charge in [0.25, 0.3) is 0 Å². The van der Waals surface area contributed by atoms with Crippen LogP contribution in [0.5, 0.6) is 0 Å². The summed E-state index contributed by atoms with van der Waals surface area (Å²) >= 11 is 0. The molecule has 1 saturated carbocycles. The van der Waals surface area contributed by atoms with Gasteiger partial charge in [0, 0.05) is 19.1 Å². The Kier molecular flexibility index (Phi) is 5.35. The number of aryl methyl sites for hydroxylation is 2. The summed E-state index contributed by atoms with van der Waals surface area (Å²) < 4.78 is 2.19. The first kappa shape index (κ1) is 16.8. The molecule has 0 radical (unpaired) electrons. The first-order valence-corrected chi connectivity index (χ1v) is 8.78. The molecule has 2 aromatic rings. The van der Waals surface area contributed by atoms with Gasteiger partial charge in [-0.25, -0.2) is 9.78 Å². The van der Waals surface area contributed by atoms with E-state index in [1.54, 1.807) is 0 Å². The van der Waals surface area contributed by atoms with E-state index in [1.807, 2.05) is 25.1 Å². The Morgan fingerprint density at radius 2 is 2.04 bits per heavy atom. The number of imidazole rings is 1. The quantitative estimate of drug-likeness (QED) is 0.736. The van der Waals surface area contributed by atoms with Crippen molar-refractivity contribution in [2.24, 2.45) is 0 Å². The van der Waals surface area contributed by atoms with Gasteiger partial charge in [0.15, 0.2) is 0 Å². The van der Waals surface area contributed by atoms with E-state index in [0.29, 0.717) is 6.54 Å². The molecule has 1 heterocycles. The lowest BCUT2D eigenvalue weighted by Gasteiger charge is -2.26. The summed E-state index contributed by atoms with van der Waals surface area (Å²) in [6.45, 7) is 3.48. The van der Waals surface area contributed by atoms with Crippen molar-refractivity contribution in [1.82, 2.24) is 20.2 Å². The zero-order valence-corrected chi connectivity index (χ0v) is 14.2. The van der Waals surface area contributed by atoms with Crippen molar-refractivity contribution in [2.45, 2.75) is 57.7 Å². The molecule has 1 aliphatic rings. The first-order chi connectivity index (χ1) is 11.6. The number of aliphatic hydroxyl groups is 1. The molecule has 0 bridgehead atoms. The third-order valence-electron chi connectivity index (χ3n) is 4.72. The third-order valence-corrected chi connectivity index (χ3v) is 4.72. The Hall–Kier alpha value is -2.08. The van der Waals surface area contributed by atoms with Crippen LogP contribution in [0.4, 0.5) is 4.79 Å². The van der Waals surface area contributed by atoms with E-state index in [-0.39, 0.29) is 18.2 Å². The number of aliphatic hydroxyl groups excluding tert-OH is 1. The number of hydrogen-bond acceptors (Lipinski definition) is 3. The zero-order valence-electron chi connectivity index (χ0n) is 14.2. The maximum absolute atomic E-state index is 11.9. The van der Waals surface area contributed by atoms with Crippen LogP contribution in [-0.2, 0) is 6.54 Å². The number of amides is 2. The number of rotatable bonds is 5. The fraction of sp³-hybridized carbons (Fsp3) is 0.556. The van der Waals surface area contributed by atoms with E-state index < -0.39 is 0 Å². The molecule has 0 spiro atoms. The molecular formula is C18H26N4O2. The molecule has 1 aliphatic carbocycles. The van der Waals surface area contributed by atoms with Gasteiger partial charge in [0.05, 0.1) is 17.1 Å². The highest BCUT2D eigenvalue weighted by molar-refractivity contribution is 5.76. The van der Waals surface area contributed by atoms with Crippen LogP contribution in [0, 0.1) is 6.92 Å². The summed E-state index contributed by atoms with van der Waals surface area (Å²) in [6.07, 6.45) is 3.93. The van der Waals surface area contributed by atoms with Crippen LogP contribution >= 0.6 is 0 Å². The minimum atomic E-state index is -0.195. The monoisotopic (exact) mass is 330 g/mol. The molecule has 0 unspecified atom stereocenters. The fourth-order valence-electron chi connectivity index (χ4n) is 3.37. The molecule has 3 N–H and O–H groups in total.